The van der Waals surface area contributed by atoms with E-state index in [0.717, 1.165) is 25.9 Å². The number of aromatic nitrogens is 3. The van der Waals surface area contributed by atoms with Gasteiger partial charge in [0.15, 0.2) is 0 Å². The molecule has 0 atom stereocenters. The lowest BCUT2D eigenvalue weighted by atomic mass is 10.3. The molecule has 1 aromatic heterocycles. The number of rotatable bonds is 8. The monoisotopic (exact) mass is 273 g/mol. The highest BCUT2D eigenvalue weighted by Gasteiger charge is 2.04. The molecule has 0 spiro atoms. The first-order valence-electron chi connectivity index (χ1n) is 6.04. The van der Waals surface area contributed by atoms with E-state index in [1.807, 2.05) is 6.92 Å². The van der Waals surface area contributed by atoms with Gasteiger partial charge in [-0.2, -0.15) is 15.0 Å². The highest BCUT2D eigenvalue weighted by Crippen LogP contribution is 2.11. The van der Waals surface area contributed by atoms with Gasteiger partial charge >= 0.3 is 6.01 Å². The molecule has 7 heteroatoms. The van der Waals surface area contributed by atoms with Crippen molar-refractivity contribution < 1.29 is 4.74 Å². The third kappa shape index (κ3) is 5.97. The Morgan fingerprint density at radius 3 is 2.67 bits per heavy atom. The van der Waals surface area contributed by atoms with Crippen LogP contribution in [0.1, 0.15) is 19.8 Å². The Hall–Kier alpha value is -1.14. The molecule has 0 aromatic carbocycles. The first kappa shape index (κ1) is 14.9. The molecule has 0 bridgehead atoms. The van der Waals surface area contributed by atoms with Crippen LogP contribution in [0.4, 0.5) is 5.95 Å². The predicted molar refractivity (Wildman–Crippen MR) is 72.3 cm³/mol. The smallest absolute Gasteiger partial charge is 0.322 e. The molecule has 0 aliphatic heterocycles. The van der Waals surface area contributed by atoms with Gasteiger partial charge in [-0.05, 0) is 52.0 Å². The Morgan fingerprint density at radius 1 is 1.22 bits per heavy atom. The maximum atomic E-state index is 5.78. The second kappa shape index (κ2) is 8.05. The zero-order valence-corrected chi connectivity index (χ0v) is 11.9. The molecule has 0 amide bonds. The molecule has 1 heterocycles. The van der Waals surface area contributed by atoms with Crippen LogP contribution in [-0.4, -0.2) is 53.6 Å². The fraction of sp³-hybridized carbons (Fsp3) is 0.727. The summed E-state index contributed by atoms with van der Waals surface area (Å²) in [5, 5.41) is 3.26. The lowest BCUT2D eigenvalue weighted by Crippen LogP contribution is -2.14. The van der Waals surface area contributed by atoms with Crippen molar-refractivity contribution in [1.82, 2.24) is 19.9 Å². The summed E-state index contributed by atoms with van der Waals surface area (Å²) in [7, 11) is 4.13. The van der Waals surface area contributed by atoms with Crippen LogP contribution in [0.2, 0.25) is 5.28 Å². The normalized spacial score (nSPS) is 10.7. The van der Waals surface area contributed by atoms with Gasteiger partial charge in [-0.1, -0.05) is 0 Å². The molecule has 102 valence electrons. The Balaban J connectivity index is 2.37. The first-order valence-corrected chi connectivity index (χ1v) is 6.42. The average molecular weight is 274 g/mol. The van der Waals surface area contributed by atoms with Gasteiger partial charge in [0, 0.05) is 6.54 Å². The van der Waals surface area contributed by atoms with Gasteiger partial charge in [0.1, 0.15) is 0 Å². The van der Waals surface area contributed by atoms with E-state index in [2.05, 4.69) is 39.3 Å². The molecule has 0 saturated carbocycles. The van der Waals surface area contributed by atoms with Crippen molar-refractivity contribution in [2.75, 3.05) is 39.1 Å². The number of nitrogens with one attached hydrogen (secondary N) is 1. The Bertz CT molecular complexity index is 361. The Labute approximate surface area is 113 Å². The highest BCUT2D eigenvalue weighted by molar-refractivity contribution is 6.28. The predicted octanol–water partition coefficient (Wildman–Crippen LogP) is 1.68. The number of ether oxygens (including phenoxy) is 1. The number of anilines is 1. The molecule has 0 saturated heterocycles. The van der Waals surface area contributed by atoms with Crippen LogP contribution in [0.3, 0.4) is 0 Å². The van der Waals surface area contributed by atoms with Gasteiger partial charge in [-0.25, -0.2) is 0 Å². The van der Waals surface area contributed by atoms with Crippen LogP contribution in [0.5, 0.6) is 6.01 Å². The van der Waals surface area contributed by atoms with Crippen molar-refractivity contribution in [2.24, 2.45) is 0 Å². The molecule has 0 aliphatic carbocycles. The van der Waals surface area contributed by atoms with Gasteiger partial charge in [-0.3, -0.25) is 0 Å². The fourth-order valence-electron chi connectivity index (χ4n) is 1.36. The number of nitrogens with zero attached hydrogens (tertiary/aromatic N) is 4. The van der Waals surface area contributed by atoms with E-state index >= 15 is 0 Å². The summed E-state index contributed by atoms with van der Waals surface area (Å²) in [6.45, 7) is 4.25. The summed E-state index contributed by atoms with van der Waals surface area (Å²) < 4.78 is 5.19. The molecule has 6 nitrogen and oxygen atoms in total. The molecule has 1 aromatic rings. The molecule has 1 N–H and O–H groups in total. The van der Waals surface area contributed by atoms with E-state index in [-0.39, 0.29) is 11.3 Å². The zero-order chi connectivity index (χ0) is 13.4. The lowest BCUT2D eigenvalue weighted by molar-refractivity contribution is 0.312. The van der Waals surface area contributed by atoms with Gasteiger partial charge in [0.05, 0.1) is 6.61 Å². The topological polar surface area (TPSA) is 63.2 Å². The van der Waals surface area contributed by atoms with Crippen LogP contribution >= 0.6 is 11.6 Å². The molecule has 0 fully saturated rings. The minimum Gasteiger partial charge on any atom is -0.464 e. The number of unbranched alkanes of at least 4 members (excludes halogenated alkanes) is 1. The van der Waals surface area contributed by atoms with E-state index in [0.29, 0.717) is 12.6 Å². The van der Waals surface area contributed by atoms with E-state index in [4.69, 9.17) is 16.3 Å². The van der Waals surface area contributed by atoms with E-state index < -0.39 is 0 Å². The maximum absolute atomic E-state index is 5.78. The van der Waals surface area contributed by atoms with Crippen molar-refractivity contribution in [2.45, 2.75) is 19.8 Å². The van der Waals surface area contributed by atoms with E-state index in [9.17, 15) is 0 Å². The summed E-state index contributed by atoms with van der Waals surface area (Å²) in [5.41, 5.74) is 0. The Morgan fingerprint density at radius 2 is 2.00 bits per heavy atom. The SMILES string of the molecule is CCOc1nc(Cl)nc(NCCCCN(C)C)n1. The molecule has 1 rings (SSSR count). The van der Waals surface area contributed by atoms with Crippen LogP contribution in [0, 0.1) is 0 Å². The number of halogens is 1. The third-order valence-corrected chi connectivity index (χ3v) is 2.35. The molecular formula is C11H20ClN5O. The van der Waals surface area contributed by atoms with Gasteiger partial charge in [-0.15, -0.1) is 0 Å². The number of hydrogen-bond acceptors (Lipinski definition) is 6. The van der Waals surface area contributed by atoms with Crippen molar-refractivity contribution in [3.63, 3.8) is 0 Å². The van der Waals surface area contributed by atoms with Crippen molar-refractivity contribution in [3.8, 4) is 6.01 Å². The van der Waals surface area contributed by atoms with Crippen molar-refractivity contribution in [1.29, 1.82) is 0 Å². The molecule has 0 unspecified atom stereocenters. The standard InChI is InChI=1S/C11H20ClN5O/c1-4-18-11-15-9(12)14-10(16-11)13-7-5-6-8-17(2)3/h4-8H2,1-3H3,(H,13,14,15,16). The largest absolute Gasteiger partial charge is 0.464 e. The molecular weight excluding hydrogens is 254 g/mol. The molecule has 0 radical (unpaired) electrons. The second-order valence-electron chi connectivity index (χ2n) is 4.08. The zero-order valence-electron chi connectivity index (χ0n) is 11.1. The summed E-state index contributed by atoms with van der Waals surface area (Å²) in [6, 6.07) is 0.258. The quantitative estimate of drug-likeness (QED) is 0.727. The van der Waals surface area contributed by atoms with Crippen LogP contribution < -0.4 is 10.1 Å². The lowest BCUT2D eigenvalue weighted by Gasteiger charge is -2.09. The van der Waals surface area contributed by atoms with Crippen LogP contribution in [0.15, 0.2) is 0 Å². The summed E-state index contributed by atoms with van der Waals surface area (Å²) in [4.78, 5) is 14.1. The maximum Gasteiger partial charge on any atom is 0.322 e. The number of hydrogen-bond donors (Lipinski definition) is 1. The van der Waals surface area contributed by atoms with Gasteiger partial charge in [0.2, 0.25) is 11.2 Å². The molecule has 18 heavy (non-hydrogen) atoms. The minimum atomic E-state index is 0.143. The highest BCUT2D eigenvalue weighted by atomic mass is 35.5. The van der Waals surface area contributed by atoms with Gasteiger partial charge in [0.25, 0.3) is 0 Å². The van der Waals surface area contributed by atoms with Crippen LogP contribution in [0.25, 0.3) is 0 Å². The molecule has 0 aliphatic rings. The summed E-state index contributed by atoms with van der Waals surface area (Å²) in [6.07, 6.45) is 2.17. The first-order chi connectivity index (χ1) is 8.61. The fourth-order valence-corrected chi connectivity index (χ4v) is 1.51. The summed E-state index contributed by atoms with van der Waals surface area (Å²) in [5.74, 6) is 0.461. The van der Waals surface area contributed by atoms with Crippen molar-refractivity contribution >= 4 is 17.5 Å². The van der Waals surface area contributed by atoms with E-state index in [1.54, 1.807) is 0 Å². The third-order valence-electron chi connectivity index (χ3n) is 2.18. The van der Waals surface area contributed by atoms with Gasteiger partial charge < -0.3 is 15.0 Å². The average Bonchev–Trinajstić information content (AvgIpc) is 2.28. The van der Waals surface area contributed by atoms with Crippen molar-refractivity contribution in [3.05, 3.63) is 5.28 Å². The Kier molecular flexibility index (Phi) is 6.67. The second-order valence-corrected chi connectivity index (χ2v) is 4.42. The summed E-state index contributed by atoms with van der Waals surface area (Å²) >= 11 is 5.78. The van der Waals surface area contributed by atoms with Crippen LogP contribution in [-0.2, 0) is 0 Å². The van der Waals surface area contributed by atoms with E-state index in [1.165, 1.54) is 0 Å². The minimum absolute atomic E-state index is 0.143.